The fraction of sp³-hybridized carbons (Fsp3) is 0.120. The SMILES string of the molecule is O=C(O)c1cccc(N2C(=O)C3=C(C(c4ccc(Cl)cc4)=NCCN3)[C@H]2c2cccnc2)c1. The predicted molar refractivity (Wildman–Crippen MR) is 126 cm³/mol. The number of rotatable bonds is 4. The van der Waals surface area contributed by atoms with Crippen LogP contribution in [0.4, 0.5) is 5.69 Å². The van der Waals surface area contributed by atoms with Gasteiger partial charge in [-0.2, -0.15) is 0 Å². The van der Waals surface area contributed by atoms with Gasteiger partial charge in [0.15, 0.2) is 0 Å². The quantitative estimate of drug-likeness (QED) is 0.619. The Labute approximate surface area is 195 Å². The highest BCUT2D eigenvalue weighted by Crippen LogP contribution is 2.42. The Morgan fingerprint density at radius 3 is 2.67 bits per heavy atom. The molecule has 5 rings (SSSR count). The van der Waals surface area contributed by atoms with Gasteiger partial charge in [0.25, 0.3) is 5.91 Å². The number of aromatic carboxylic acids is 1. The topological polar surface area (TPSA) is 94.9 Å². The number of amides is 1. The monoisotopic (exact) mass is 458 g/mol. The molecule has 2 aromatic carbocycles. The predicted octanol–water partition coefficient (Wildman–Crippen LogP) is 3.87. The molecule has 2 N–H and O–H groups in total. The standard InChI is InChI=1S/C25H19ClN4O3/c26-18-8-6-15(7-9-18)21-20-22(29-12-11-28-21)24(31)30(23(20)17-4-2-10-27-14-17)19-5-1-3-16(13-19)25(32)33/h1-10,13-14,23,29H,11-12H2,(H,32,33)/t23-/m1/s1. The molecule has 0 bridgehead atoms. The number of hydrogen-bond donors (Lipinski definition) is 2. The molecule has 0 radical (unpaired) electrons. The number of benzene rings is 2. The van der Waals surface area contributed by atoms with E-state index in [0.29, 0.717) is 35.2 Å². The highest BCUT2D eigenvalue weighted by molar-refractivity contribution is 6.31. The first-order valence-corrected chi connectivity index (χ1v) is 10.8. The maximum atomic E-state index is 13.8. The Balaban J connectivity index is 1.71. The molecule has 1 atom stereocenters. The van der Waals surface area contributed by atoms with Crippen LogP contribution in [0.2, 0.25) is 5.02 Å². The van der Waals surface area contributed by atoms with Crippen molar-refractivity contribution in [2.24, 2.45) is 4.99 Å². The number of carbonyl (C=O) groups excluding carboxylic acids is 1. The Kier molecular flexibility index (Phi) is 5.40. The number of halogens is 1. The summed E-state index contributed by atoms with van der Waals surface area (Å²) in [6.07, 6.45) is 3.39. The first kappa shape index (κ1) is 20.9. The second kappa shape index (κ2) is 8.52. The van der Waals surface area contributed by atoms with Crippen LogP contribution in [0.15, 0.2) is 89.3 Å². The molecule has 0 spiro atoms. The van der Waals surface area contributed by atoms with E-state index in [1.165, 1.54) is 12.1 Å². The van der Waals surface area contributed by atoms with Crippen LogP contribution in [0.25, 0.3) is 0 Å². The summed E-state index contributed by atoms with van der Waals surface area (Å²) in [5.74, 6) is -1.30. The van der Waals surface area contributed by atoms with E-state index < -0.39 is 12.0 Å². The van der Waals surface area contributed by atoms with E-state index in [-0.39, 0.29) is 11.5 Å². The zero-order chi connectivity index (χ0) is 22.9. The lowest BCUT2D eigenvalue weighted by Gasteiger charge is -2.28. The third kappa shape index (κ3) is 3.76. The lowest BCUT2D eigenvalue weighted by Crippen LogP contribution is -2.34. The Bertz CT molecular complexity index is 1300. The average molecular weight is 459 g/mol. The van der Waals surface area contributed by atoms with Crippen LogP contribution in [-0.2, 0) is 4.79 Å². The number of aromatic nitrogens is 1. The summed E-state index contributed by atoms with van der Waals surface area (Å²) >= 11 is 6.10. The van der Waals surface area contributed by atoms with E-state index in [1.807, 2.05) is 24.3 Å². The minimum absolute atomic E-state index is 0.104. The van der Waals surface area contributed by atoms with Crippen LogP contribution >= 0.6 is 11.6 Å². The fourth-order valence-corrected chi connectivity index (χ4v) is 4.36. The van der Waals surface area contributed by atoms with Crippen LogP contribution in [0.3, 0.4) is 0 Å². The minimum Gasteiger partial charge on any atom is -0.478 e. The van der Waals surface area contributed by atoms with Crippen molar-refractivity contribution in [3.05, 3.63) is 106 Å². The highest BCUT2D eigenvalue weighted by atomic mass is 35.5. The third-order valence-corrected chi connectivity index (χ3v) is 5.91. The largest absolute Gasteiger partial charge is 0.478 e. The number of pyridine rings is 1. The summed E-state index contributed by atoms with van der Waals surface area (Å²) in [6.45, 7) is 1.01. The van der Waals surface area contributed by atoms with Gasteiger partial charge in [0.2, 0.25) is 0 Å². The van der Waals surface area contributed by atoms with E-state index in [1.54, 1.807) is 41.6 Å². The number of carbonyl (C=O) groups is 2. The van der Waals surface area contributed by atoms with Gasteiger partial charge < -0.3 is 10.4 Å². The van der Waals surface area contributed by atoms with Crippen LogP contribution in [0, 0.1) is 0 Å². The molecule has 2 aliphatic rings. The molecule has 0 unspecified atom stereocenters. The van der Waals surface area contributed by atoms with Crippen LogP contribution in [-0.4, -0.2) is 40.8 Å². The van der Waals surface area contributed by atoms with Crippen LogP contribution in [0.1, 0.15) is 27.5 Å². The number of aliphatic imine (C=N–C) groups is 1. The molecule has 33 heavy (non-hydrogen) atoms. The van der Waals surface area contributed by atoms with Gasteiger partial charge in [0.05, 0.1) is 23.9 Å². The maximum Gasteiger partial charge on any atom is 0.335 e. The van der Waals surface area contributed by atoms with E-state index in [0.717, 1.165) is 16.7 Å². The molecule has 0 saturated carbocycles. The normalized spacial score (nSPS) is 17.8. The molecule has 2 aliphatic heterocycles. The summed E-state index contributed by atoms with van der Waals surface area (Å²) in [5, 5.41) is 13.4. The molecule has 3 aromatic rings. The van der Waals surface area contributed by atoms with Gasteiger partial charge in [-0.15, -0.1) is 0 Å². The molecular weight excluding hydrogens is 440 g/mol. The maximum absolute atomic E-state index is 13.8. The van der Waals surface area contributed by atoms with Gasteiger partial charge in [-0.05, 0) is 42.0 Å². The van der Waals surface area contributed by atoms with Crippen LogP contribution in [0.5, 0.6) is 0 Å². The van der Waals surface area contributed by atoms with Crippen molar-refractivity contribution in [3.8, 4) is 0 Å². The van der Waals surface area contributed by atoms with Crippen molar-refractivity contribution in [3.63, 3.8) is 0 Å². The molecule has 0 aliphatic carbocycles. The lowest BCUT2D eigenvalue weighted by atomic mass is 9.92. The van der Waals surface area contributed by atoms with E-state index in [9.17, 15) is 14.7 Å². The summed E-state index contributed by atoms with van der Waals surface area (Å²) < 4.78 is 0. The molecule has 3 heterocycles. The molecule has 1 aromatic heterocycles. The van der Waals surface area contributed by atoms with Crippen molar-refractivity contribution in [2.75, 3.05) is 18.0 Å². The number of carboxylic acid groups (broad SMARTS) is 1. The smallest absolute Gasteiger partial charge is 0.335 e. The Hall–Kier alpha value is -3.97. The van der Waals surface area contributed by atoms with Crippen molar-refractivity contribution in [1.82, 2.24) is 10.3 Å². The van der Waals surface area contributed by atoms with Gasteiger partial charge in [-0.25, -0.2) is 4.79 Å². The molecule has 8 heteroatoms. The first-order valence-electron chi connectivity index (χ1n) is 10.4. The molecule has 7 nitrogen and oxygen atoms in total. The molecular formula is C25H19ClN4O3. The fourth-order valence-electron chi connectivity index (χ4n) is 4.23. The van der Waals surface area contributed by atoms with E-state index >= 15 is 0 Å². The lowest BCUT2D eigenvalue weighted by molar-refractivity contribution is -0.115. The first-order chi connectivity index (χ1) is 16.0. The van der Waals surface area contributed by atoms with Gasteiger partial charge in [-0.3, -0.25) is 19.7 Å². The molecule has 0 fully saturated rings. The minimum atomic E-state index is -1.06. The van der Waals surface area contributed by atoms with Crippen molar-refractivity contribution >= 4 is 34.9 Å². The average Bonchev–Trinajstić information content (AvgIpc) is 2.97. The summed E-state index contributed by atoms with van der Waals surface area (Å²) in [6, 6.07) is 16.9. The van der Waals surface area contributed by atoms with Crippen LogP contribution < -0.4 is 10.2 Å². The van der Waals surface area contributed by atoms with Gasteiger partial charge in [-0.1, -0.05) is 35.9 Å². The van der Waals surface area contributed by atoms with Gasteiger partial charge >= 0.3 is 5.97 Å². The van der Waals surface area contributed by atoms with Crippen molar-refractivity contribution < 1.29 is 14.7 Å². The summed E-state index contributed by atoms with van der Waals surface area (Å²) in [4.78, 5) is 36.0. The zero-order valence-electron chi connectivity index (χ0n) is 17.4. The Morgan fingerprint density at radius 2 is 1.94 bits per heavy atom. The van der Waals surface area contributed by atoms with Crippen molar-refractivity contribution in [2.45, 2.75) is 6.04 Å². The highest BCUT2D eigenvalue weighted by Gasteiger charge is 2.44. The number of nitrogens with zero attached hydrogens (tertiary/aromatic N) is 3. The molecule has 1 amide bonds. The van der Waals surface area contributed by atoms with Gasteiger partial charge in [0, 0.05) is 40.8 Å². The van der Waals surface area contributed by atoms with E-state index in [4.69, 9.17) is 16.6 Å². The number of nitrogens with one attached hydrogen (secondary N) is 1. The number of carboxylic acids is 1. The second-order valence-corrected chi connectivity index (χ2v) is 8.11. The summed E-state index contributed by atoms with van der Waals surface area (Å²) in [7, 11) is 0. The second-order valence-electron chi connectivity index (χ2n) is 7.67. The zero-order valence-corrected chi connectivity index (χ0v) is 18.2. The van der Waals surface area contributed by atoms with E-state index in [2.05, 4.69) is 10.3 Å². The van der Waals surface area contributed by atoms with Crippen molar-refractivity contribution in [1.29, 1.82) is 0 Å². The Morgan fingerprint density at radius 1 is 1.12 bits per heavy atom. The third-order valence-electron chi connectivity index (χ3n) is 5.66. The summed E-state index contributed by atoms with van der Waals surface area (Å²) in [5.41, 5.74) is 4.11. The van der Waals surface area contributed by atoms with Gasteiger partial charge in [0.1, 0.15) is 5.70 Å². The number of anilines is 1. The molecule has 164 valence electrons. The number of hydrogen-bond acceptors (Lipinski definition) is 5. The molecule has 0 saturated heterocycles.